The Kier molecular flexibility index (Phi) is 4.38. The van der Waals surface area contributed by atoms with Gasteiger partial charge in [-0.25, -0.2) is 0 Å². The summed E-state index contributed by atoms with van der Waals surface area (Å²) in [5, 5.41) is 13.1. The summed E-state index contributed by atoms with van der Waals surface area (Å²) in [5.74, 6) is -1.52. The Morgan fingerprint density at radius 1 is 1.59 bits per heavy atom. The molecule has 0 atom stereocenters. The van der Waals surface area contributed by atoms with E-state index in [1.165, 1.54) is 12.1 Å². The number of esters is 1. The van der Waals surface area contributed by atoms with Crippen LogP contribution < -0.4 is 5.32 Å². The molecule has 0 bridgehead atoms. The predicted molar refractivity (Wildman–Crippen MR) is 58.2 cm³/mol. The second kappa shape index (κ2) is 5.78. The van der Waals surface area contributed by atoms with E-state index in [4.69, 9.17) is 0 Å². The molecule has 0 heterocycles. The number of anilines is 1. The zero-order valence-electron chi connectivity index (χ0n) is 9.10. The monoisotopic (exact) mass is 242 g/mol. The number of nitro benzene ring substituents is 1. The van der Waals surface area contributed by atoms with Crippen LogP contribution >= 0.6 is 0 Å². The summed E-state index contributed by atoms with van der Waals surface area (Å²) >= 11 is 0. The number of rotatable bonds is 5. The van der Waals surface area contributed by atoms with Gasteiger partial charge in [0.15, 0.2) is 0 Å². The molecule has 0 saturated heterocycles. The van der Waals surface area contributed by atoms with Crippen LogP contribution in [0.3, 0.4) is 0 Å². The van der Waals surface area contributed by atoms with Gasteiger partial charge in [0.1, 0.15) is 12.2 Å². The molecule has 0 aliphatic heterocycles. The number of ether oxygens (including phenoxy) is 1. The van der Waals surface area contributed by atoms with Gasteiger partial charge in [0, 0.05) is 0 Å². The van der Waals surface area contributed by atoms with Crippen molar-refractivity contribution < 1.29 is 18.8 Å². The lowest BCUT2D eigenvalue weighted by Crippen LogP contribution is -2.17. The highest BCUT2D eigenvalue weighted by Crippen LogP contribution is 2.26. The lowest BCUT2D eigenvalue weighted by Gasteiger charge is -2.06. The van der Waals surface area contributed by atoms with E-state index in [0.717, 1.165) is 6.07 Å². The van der Waals surface area contributed by atoms with Gasteiger partial charge in [-0.05, 0) is 19.1 Å². The predicted octanol–water partition coefficient (Wildman–Crippen LogP) is 1.71. The van der Waals surface area contributed by atoms with E-state index in [9.17, 15) is 19.3 Å². The van der Waals surface area contributed by atoms with Crippen molar-refractivity contribution in [2.45, 2.75) is 6.92 Å². The summed E-state index contributed by atoms with van der Waals surface area (Å²) in [4.78, 5) is 20.8. The lowest BCUT2D eigenvalue weighted by molar-refractivity contribution is -0.386. The van der Waals surface area contributed by atoms with Crippen molar-refractivity contribution in [3.05, 3.63) is 34.1 Å². The molecule has 1 aromatic carbocycles. The van der Waals surface area contributed by atoms with Crippen LogP contribution in [0, 0.1) is 15.9 Å². The van der Waals surface area contributed by atoms with Crippen molar-refractivity contribution in [1.29, 1.82) is 0 Å². The molecule has 17 heavy (non-hydrogen) atoms. The maximum atomic E-state index is 13.2. The van der Waals surface area contributed by atoms with Crippen molar-refractivity contribution in [1.82, 2.24) is 0 Å². The number of hydrogen-bond donors (Lipinski definition) is 1. The molecule has 0 fully saturated rings. The molecule has 7 heteroatoms. The van der Waals surface area contributed by atoms with Crippen LogP contribution in [-0.2, 0) is 9.53 Å². The minimum Gasteiger partial charge on any atom is -0.465 e. The van der Waals surface area contributed by atoms with Crippen molar-refractivity contribution in [2.75, 3.05) is 18.5 Å². The first-order valence-electron chi connectivity index (χ1n) is 4.88. The zero-order chi connectivity index (χ0) is 12.8. The van der Waals surface area contributed by atoms with Crippen LogP contribution in [0.5, 0.6) is 0 Å². The van der Waals surface area contributed by atoms with E-state index in [1.807, 2.05) is 0 Å². The van der Waals surface area contributed by atoms with E-state index in [2.05, 4.69) is 10.1 Å². The standard InChI is InChI=1S/C10H11FN2O4/c1-2-17-9(14)6-12-8-5-3-4-7(11)10(8)13(15)16/h3-5,12H,2,6H2,1H3. The van der Waals surface area contributed by atoms with Gasteiger partial charge in [0.2, 0.25) is 5.82 Å². The highest BCUT2D eigenvalue weighted by molar-refractivity contribution is 5.76. The molecular weight excluding hydrogens is 231 g/mol. The van der Waals surface area contributed by atoms with Gasteiger partial charge >= 0.3 is 11.7 Å². The highest BCUT2D eigenvalue weighted by Gasteiger charge is 2.19. The summed E-state index contributed by atoms with van der Waals surface area (Å²) in [7, 11) is 0. The average molecular weight is 242 g/mol. The Morgan fingerprint density at radius 3 is 2.88 bits per heavy atom. The van der Waals surface area contributed by atoms with Gasteiger partial charge < -0.3 is 10.1 Å². The van der Waals surface area contributed by atoms with Crippen LogP contribution in [0.1, 0.15) is 6.92 Å². The van der Waals surface area contributed by atoms with Crippen molar-refractivity contribution in [3.63, 3.8) is 0 Å². The van der Waals surface area contributed by atoms with Gasteiger partial charge in [-0.2, -0.15) is 4.39 Å². The molecule has 0 radical (unpaired) electrons. The third-order valence-corrected chi connectivity index (χ3v) is 1.90. The van der Waals surface area contributed by atoms with Crippen molar-refractivity contribution in [3.8, 4) is 0 Å². The van der Waals surface area contributed by atoms with E-state index in [-0.39, 0.29) is 18.8 Å². The van der Waals surface area contributed by atoms with Crippen LogP contribution in [-0.4, -0.2) is 24.0 Å². The zero-order valence-corrected chi connectivity index (χ0v) is 9.10. The molecule has 1 N–H and O–H groups in total. The quantitative estimate of drug-likeness (QED) is 0.483. The summed E-state index contributed by atoms with van der Waals surface area (Å²) < 4.78 is 17.8. The molecule has 0 aliphatic carbocycles. The minimum atomic E-state index is -0.955. The van der Waals surface area contributed by atoms with Crippen LogP contribution in [0.2, 0.25) is 0 Å². The summed E-state index contributed by atoms with van der Waals surface area (Å²) in [5.41, 5.74) is -0.736. The molecule has 1 rings (SSSR count). The summed E-state index contributed by atoms with van der Waals surface area (Å²) in [6, 6.07) is 3.62. The third kappa shape index (κ3) is 3.40. The Balaban J connectivity index is 2.81. The summed E-state index contributed by atoms with van der Waals surface area (Å²) in [6.07, 6.45) is 0. The fraction of sp³-hybridized carbons (Fsp3) is 0.300. The Bertz CT molecular complexity index is 436. The first kappa shape index (κ1) is 12.9. The number of para-hydroxylation sites is 1. The van der Waals surface area contributed by atoms with Crippen molar-refractivity contribution >= 4 is 17.3 Å². The number of carbonyl (C=O) groups excluding carboxylic acids is 1. The van der Waals surface area contributed by atoms with Crippen molar-refractivity contribution in [2.24, 2.45) is 0 Å². The molecule has 6 nitrogen and oxygen atoms in total. The second-order valence-corrected chi connectivity index (χ2v) is 3.05. The molecule has 0 aromatic heterocycles. The normalized spacial score (nSPS) is 9.76. The smallest absolute Gasteiger partial charge is 0.327 e. The molecule has 1 aromatic rings. The largest absolute Gasteiger partial charge is 0.465 e. The summed E-state index contributed by atoms with van der Waals surface area (Å²) in [6.45, 7) is 1.60. The Morgan fingerprint density at radius 2 is 2.29 bits per heavy atom. The van der Waals surface area contributed by atoms with Crippen LogP contribution in [0.4, 0.5) is 15.8 Å². The first-order valence-corrected chi connectivity index (χ1v) is 4.88. The fourth-order valence-corrected chi connectivity index (χ4v) is 1.22. The lowest BCUT2D eigenvalue weighted by atomic mass is 10.2. The molecular formula is C10H11FN2O4. The third-order valence-electron chi connectivity index (χ3n) is 1.90. The van der Waals surface area contributed by atoms with E-state index >= 15 is 0 Å². The number of nitrogens with zero attached hydrogens (tertiary/aromatic N) is 1. The first-order chi connectivity index (χ1) is 8.06. The van der Waals surface area contributed by atoms with E-state index in [0.29, 0.717) is 0 Å². The number of carbonyl (C=O) groups is 1. The average Bonchev–Trinajstić information content (AvgIpc) is 2.26. The van der Waals surface area contributed by atoms with Gasteiger partial charge in [-0.15, -0.1) is 0 Å². The Hall–Kier alpha value is -2.18. The SMILES string of the molecule is CCOC(=O)CNc1cccc(F)c1[N+](=O)[O-]. The number of nitro groups is 1. The maximum absolute atomic E-state index is 13.2. The molecule has 0 unspecified atom stereocenters. The topological polar surface area (TPSA) is 81.5 Å². The molecule has 0 amide bonds. The Labute approximate surface area is 96.5 Å². The van der Waals surface area contributed by atoms with Gasteiger partial charge in [-0.1, -0.05) is 6.07 Å². The number of hydrogen-bond acceptors (Lipinski definition) is 5. The molecule has 92 valence electrons. The number of nitrogens with one attached hydrogen (secondary N) is 1. The van der Waals surface area contributed by atoms with Crippen LogP contribution in [0.15, 0.2) is 18.2 Å². The molecule has 0 saturated carbocycles. The highest BCUT2D eigenvalue weighted by atomic mass is 19.1. The minimum absolute atomic E-state index is 0.0527. The van der Waals surface area contributed by atoms with Crippen LogP contribution in [0.25, 0.3) is 0 Å². The van der Waals surface area contributed by atoms with E-state index < -0.39 is 22.4 Å². The van der Waals surface area contributed by atoms with Gasteiger partial charge in [0.25, 0.3) is 0 Å². The fourth-order valence-electron chi connectivity index (χ4n) is 1.22. The maximum Gasteiger partial charge on any atom is 0.327 e. The van der Waals surface area contributed by atoms with E-state index in [1.54, 1.807) is 6.92 Å². The number of halogens is 1. The second-order valence-electron chi connectivity index (χ2n) is 3.05. The molecule has 0 aliphatic rings. The van der Waals surface area contributed by atoms with Gasteiger partial charge in [-0.3, -0.25) is 14.9 Å². The molecule has 0 spiro atoms. The van der Waals surface area contributed by atoms with Gasteiger partial charge in [0.05, 0.1) is 11.5 Å². The number of benzene rings is 1.